The van der Waals surface area contributed by atoms with Crippen LogP contribution in [0.1, 0.15) is 5.56 Å². The van der Waals surface area contributed by atoms with E-state index in [1.165, 1.54) is 5.56 Å². The van der Waals surface area contributed by atoms with Gasteiger partial charge in [0.15, 0.2) is 5.69 Å². The first kappa shape index (κ1) is 19.1. The van der Waals surface area contributed by atoms with Gasteiger partial charge in [0, 0.05) is 30.9 Å². The number of nitrogens with zero attached hydrogens (tertiary/aromatic N) is 3. The molecule has 1 saturated heterocycles. The SMILES string of the molecule is COc1ccc(-c2nnc(Nc3ccc(CN4CCOCC4)cc3)[nH]c2=O)cc1. The van der Waals surface area contributed by atoms with Crippen molar-refractivity contribution >= 4 is 11.6 Å². The molecule has 1 aromatic heterocycles. The number of rotatable bonds is 6. The number of nitrogens with one attached hydrogen (secondary N) is 2. The van der Waals surface area contributed by atoms with Crippen molar-refractivity contribution in [2.75, 3.05) is 38.7 Å². The fourth-order valence-electron chi connectivity index (χ4n) is 3.18. The molecule has 29 heavy (non-hydrogen) atoms. The Kier molecular flexibility index (Phi) is 5.83. The topological polar surface area (TPSA) is 92.4 Å². The third-order valence-electron chi connectivity index (χ3n) is 4.79. The van der Waals surface area contributed by atoms with Crippen LogP contribution in [0, 0.1) is 0 Å². The third-order valence-corrected chi connectivity index (χ3v) is 4.79. The molecule has 2 heterocycles. The van der Waals surface area contributed by atoms with Crippen molar-refractivity contribution in [3.8, 4) is 17.0 Å². The minimum atomic E-state index is -0.309. The van der Waals surface area contributed by atoms with E-state index in [-0.39, 0.29) is 11.3 Å². The van der Waals surface area contributed by atoms with Gasteiger partial charge in [-0.15, -0.1) is 10.2 Å². The predicted octanol–water partition coefficient (Wildman–Crippen LogP) is 2.42. The predicted molar refractivity (Wildman–Crippen MR) is 110 cm³/mol. The number of aromatic amines is 1. The van der Waals surface area contributed by atoms with Gasteiger partial charge < -0.3 is 14.8 Å². The van der Waals surface area contributed by atoms with E-state index in [4.69, 9.17) is 9.47 Å². The largest absolute Gasteiger partial charge is 0.497 e. The molecule has 0 amide bonds. The molecule has 3 aromatic rings. The molecule has 1 fully saturated rings. The maximum Gasteiger partial charge on any atom is 0.279 e. The lowest BCUT2D eigenvalue weighted by molar-refractivity contribution is 0.0342. The van der Waals surface area contributed by atoms with Gasteiger partial charge in [0.1, 0.15) is 5.75 Å². The lowest BCUT2D eigenvalue weighted by atomic mass is 10.1. The van der Waals surface area contributed by atoms with Gasteiger partial charge in [-0.05, 0) is 42.0 Å². The number of H-pyrrole nitrogens is 1. The number of hydrogen-bond acceptors (Lipinski definition) is 7. The Morgan fingerprint density at radius 3 is 2.45 bits per heavy atom. The van der Waals surface area contributed by atoms with E-state index < -0.39 is 0 Å². The highest BCUT2D eigenvalue weighted by molar-refractivity contribution is 5.60. The van der Waals surface area contributed by atoms with E-state index in [0.717, 1.165) is 38.5 Å². The van der Waals surface area contributed by atoms with E-state index in [0.29, 0.717) is 17.3 Å². The number of morpholine rings is 1. The summed E-state index contributed by atoms with van der Waals surface area (Å²) in [5.41, 5.74) is 2.69. The summed E-state index contributed by atoms with van der Waals surface area (Å²) >= 11 is 0. The molecule has 8 nitrogen and oxygen atoms in total. The van der Waals surface area contributed by atoms with E-state index in [9.17, 15) is 4.79 Å². The fraction of sp³-hybridized carbons (Fsp3) is 0.286. The number of ether oxygens (including phenoxy) is 2. The lowest BCUT2D eigenvalue weighted by Crippen LogP contribution is -2.35. The number of benzene rings is 2. The highest BCUT2D eigenvalue weighted by atomic mass is 16.5. The molecule has 0 radical (unpaired) electrons. The Morgan fingerprint density at radius 1 is 1.07 bits per heavy atom. The number of methoxy groups -OCH3 is 1. The molecule has 2 aromatic carbocycles. The molecule has 0 saturated carbocycles. The van der Waals surface area contributed by atoms with Gasteiger partial charge in [-0.2, -0.15) is 0 Å². The van der Waals surface area contributed by atoms with Crippen LogP contribution in [-0.2, 0) is 11.3 Å². The number of hydrogen-bond donors (Lipinski definition) is 2. The summed E-state index contributed by atoms with van der Waals surface area (Å²) in [6.45, 7) is 4.39. The molecule has 0 unspecified atom stereocenters. The molecular formula is C21H23N5O3. The number of aromatic nitrogens is 3. The van der Waals surface area contributed by atoms with Gasteiger partial charge in [-0.1, -0.05) is 12.1 Å². The van der Waals surface area contributed by atoms with Crippen LogP contribution in [0.2, 0.25) is 0 Å². The first-order valence-electron chi connectivity index (χ1n) is 9.49. The molecular weight excluding hydrogens is 370 g/mol. The summed E-state index contributed by atoms with van der Waals surface area (Å²) in [6, 6.07) is 15.2. The lowest BCUT2D eigenvalue weighted by Gasteiger charge is -2.26. The van der Waals surface area contributed by atoms with E-state index in [1.54, 1.807) is 31.4 Å². The smallest absolute Gasteiger partial charge is 0.279 e. The van der Waals surface area contributed by atoms with Crippen molar-refractivity contribution in [1.82, 2.24) is 20.1 Å². The van der Waals surface area contributed by atoms with Crippen LogP contribution in [0.15, 0.2) is 53.3 Å². The summed E-state index contributed by atoms with van der Waals surface area (Å²) in [7, 11) is 1.59. The molecule has 0 bridgehead atoms. The summed E-state index contributed by atoms with van der Waals surface area (Å²) in [6.07, 6.45) is 0. The van der Waals surface area contributed by atoms with Gasteiger partial charge in [0.25, 0.3) is 5.56 Å². The van der Waals surface area contributed by atoms with E-state index >= 15 is 0 Å². The van der Waals surface area contributed by atoms with Crippen molar-refractivity contribution < 1.29 is 9.47 Å². The average molecular weight is 393 g/mol. The third kappa shape index (κ3) is 4.79. The molecule has 1 aliphatic rings. The standard InChI is InChI=1S/C21H23N5O3/c1-28-18-8-4-16(5-9-18)19-20(27)23-21(25-24-19)22-17-6-2-15(3-7-17)14-26-10-12-29-13-11-26/h2-9H,10-14H2,1H3,(H2,22,23,25,27). The molecule has 150 valence electrons. The first-order valence-corrected chi connectivity index (χ1v) is 9.49. The van der Waals surface area contributed by atoms with Crippen LogP contribution in [-0.4, -0.2) is 53.5 Å². The summed E-state index contributed by atoms with van der Waals surface area (Å²) in [5, 5.41) is 11.3. The van der Waals surface area contributed by atoms with Gasteiger partial charge in [0.2, 0.25) is 5.95 Å². The highest BCUT2D eigenvalue weighted by Crippen LogP contribution is 2.19. The zero-order valence-electron chi connectivity index (χ0n) is 16.2. The second-order valence-electron chi connectivity index (χ2n) is 6.79. The first-order chi connectivity index (χ1) is 14.2. The van der Waals surface area contributed by atoms with Gasteiger partial charge >= 0.3 is 0 Å². The van der Waals surface area contributed by atoms with Crippen LogP contribution in [0.3, 0.4) is 0 Å². The molecule has 0 aliphatic carbocycles. The van der Waals surface area contributed by atoms with Crippen LogP contribution < -0.4 is 15.6 Å². The summed E-state index contributed by atoms with van der Waals surface area (Å²) in [5.74, 6) is 1.02. The van der Waals surface area contributed by atoms with Crippen molar-refractivity contribution in [2.45, 2.75) is 6.54 Å². The van der Waals surface area contributed by atoms with Crippen molar-refractivity contribution in [3.63, 3.8) is 0 Å². The van der Waals surface area contributed by atoms with Crippen molar-refractivity contribution in [2.24, 2.45) is 0 Å². The number of anilines is 2. The van der Waals surface area contributed by atoms with Gasteiger partial charge in [-0.3, -0.25) is 14.7 Å². The Balaban J connectivity index is 1.42. The van der Waals surface area contributed by atoms with Crippen LogP contribution in [0.4, 0.5) is 11.6 Å². The second kappa shape index (κ2) is 8.85. The van der Waals surface area contributed by atoms with Crippen LogP contribution >= 0.6 is 0 Å². The maximum atomic E-state index is 12.4. The van der Waals surface area contributed by atoms with E-state index in [2.05, 4.69) is 37.5 Å². The average Bonchev–Trinajstić information content (AvgIpc) is 2.76. The van der Waals surface area contributed by atoms with Gasteiger partial charge in [-0.25, -0.2) is 0 Å². The zero-order chi connectivity index (χ0) is 20.1. The Bertz CT molecular complexity index is 996. The second-order valence-corrected chi connectivity index (χ2v) is 6.79. The quantitative estimate of drug-likeness (QED) is 0.664. The van der Waals surface area contributed by atoms with Gasteiger partial charge in [0.05, 0.1) is 20.3 Å². The van der Waals surface area contributed by atoms with Crippen LogP contribution in [0.5, 0.6) is 5.75 Å². The molecule has 1 aliphatic heterocycles. The minimum absolute atomic E-state index is 0.263. The normalized spacial score (nSPS) is 14.5. The Morgan fingerprint density at radius 2 is 1.79 bits per heavy atom. The fourth-order valence-corrected chi connectivity index (χ4v) is 3.18. The molecule has 4 rings (SSSR count). The van der Waals surface area contributed by atoms with E-state index in [1.807, 2.05) is 12.1 Å². The monoisotopic (exact) mass is 393 g/mol. The van der Waals surface area contributed by atoms with Crippen LogP contribution in [0.25, 0.3) is 11.3 Å². The summed E-state index contributed by atoms with van der Waals surface area (Å²) in [4.78, 5) is 17.5. The molecule has 2 N–H and O–H groups in total. The van der Waals surface area contributed by atoms with Crippen molar-refractivity contribution in [1.29, 1.82) is 0 Å². The molecule has 0 atom stereocenters. The zero-order valence-corrected chi connectivity index (χ0v) is 16.2. The summed E-state index contributed by atoms with van der Waals surface area (Å²) < 4.78 is 10.5. The highest BCUT2D eigenvalue weighted by Gasteiger charge is 2.11. The molecule has 8 heteroatoms. The molecule has 0 spiro atoms. The Labute approximate surface area is 168 Å². The minimum Gasteiger partial charge on any atom is -0.497 e. The Hall–Kier alpha value is -3.23. The maximum absolute atomic E-state index is 12.4. The van der Waals surface area contributed by atoms with Crippen molar-refractivity contribution in [3.05, 3.63) is 64.4 Å².